The second-order valence-electron chi connectivity index (χ2n) is 4.81. The second kappa shape index (κ2) is 6.01. The predicted octanol–water partition coefficient (Wildman–Crippen LogP) is 0.995. The number of rotatable bonds is 4. The molecule has 1 heterocycles. The van der Waals surface area contributed by atoms with E-state index in [1.54, 1.807) is 0 Å². The molecule has 3 nitrogen and oxygen atoms in total. The normalized spacial score (nSPS) is 21.7. The Morgan fingerprint density at radius 3 is 3.06 bits per heavy atom. The number of benzene rings is 1. The predicted molar refractivity (Wildman–Crippen MR) is 73.2 cm³/mol. The molecular weight excluding hydrogens is 224 g/mol. The average Bonchev–Trinajstić information content (AvgIpc) is 2.81. The van der Waals surface area contributed by atoms with Crippen LogP contribution in [0.25, 0.3) is 0 Å². The summed E-state index contributed by atoms with van der Waals surface area (Å²) >= 11 is 0. The van der Waals surface area contributed by atoms with Gasteiger partial charge in [0.2, 0.25) is 0 Å². The first-order valence-corrected chi connectivity index (χ1v) is 6.37. The molecular formula is C15H20N2O. The topological polar surface area (TPSA) is 35.5 Å². The third-order valence-electron chi connectivity index (χ3n) is 3.49. The van der Waals surface area contributed by atoms with E-state index in [-0.39, 0.29) is 12.1 Å². The maximum absolute atomic E-state index is 9.55. The molecule has 1 aromatic carbocycles. The molecule has 1 aliphatic rings. The van der Waals surface area contributed by atoms with Crippen LogP contribution in [0.4, 0.5) is 0 Å². The molecule has 1 aromatic rings. The van der Waals surface area contributed by atoms with Crippen LogP contribution in [-0.4, -0.2) is 42.8 Å². The van der Waals surface area contributed by atoms with Crippen molar-refractivity contribution in [2.75, 3.05) is 26.7 Å². The summed E-state index contributed by atoms with van der Waals surface area (Å²) in [6.07, 6.45) is 6.14. The van der Waals surface area contributed by atoms with Gasteiger partial charge in [-0.1, -0.05) is 18.1 Å². The van der Waals surface area contributed by atoms with E-state index in [4.69, 9.17) is 6.42 Å². The minimum absolute atomic E-state index is 0.167. The third-order valence-corrected chi connectivity index (χ3v) is 3.49. The molecule has 0 spiro atoms. The highest BCUT2D eigenvalue weighted by molar-refractivity contribution is 5.36. The van der Waals surface area contributed by atoms with Crippen LogP contribution < -0.4 is 5.32 Å². The summed E-state index contributed by atoms with van der Waals surface area (Å²) in [7, 11) is 1.96. The molecule has 18 heavy (non-hydrogen) atoms. The number of hydrogen-bond acceptors (Lipinski definition) is 3. The quantitative estimate of drug-likeness (QED) is 0.776. The molecule has 0 bridgehead atoms. The van der Waals surface area contributed by atoms with Crippen LogP contribution in [0.15, 0.2) is 24.3 Å². The lowest BCUT2D eigenvalue weighted by atomic mass is 10.0. The lowest BCUT2D eigenvalue weighted by molar-refractivity contribution is 0.173. The third kappa shape index (κ3) is 3.11. The van der Waals surface area contributed by atoms with Gasteiger partial charge in [0, 0.05) is 31.2 Å². The van der Waals surface area contributed by atoms with E-state index in [1.165, 1.54) is 5.56 Å². The molecule has 0 aliphatic carbocycles. The largest absolute Gasteiger partial charge is 0.392 e. The summed E-state index contributed by atoms with van der Waals surface area (Å²) in [4.78, 5) is 2.29. The van der Waals surface area contributed by atoms with Gasteiger partial charge in [-0.2, -0.15) is 0 Å². The van der Waals surface area contributed by atoms with Crippen molar-refractivity contribution in [1.82, 2.24) is 10.2 Å². The summed E-state index contributed by atoms with van der Waals surface area (Å²) < 4.78 is 0. The molecule has 1 unspecified atom stereocenters. The number of likely N-dealkylation sites (tertiary alicyclic amines) is 1. The number of nitrogens with zero attached hydrogens (tertiary/aromatic N) is 1. The molecule has 2 N–H and O–H groups in total. The molecule has 0 amide bonds. The van der Waals surface area contributed by atoms with Gasteiger partial charge >= 0.3 is 0 Å². The monoisotopic (exact) mass is 244 g/mol. The fourth-order valence-corrected chi connectivity index (χ4v) is 2.44. The van der Waals surface area contributed by atoms with Gasteiger partial charge in [-0.3, -0.25) is 4.90 Å². The zero-order valence-corrected chi connectivity index (χ0v) is 10.8. The molecule has 1 saturated heterocycles. The molecule has 3 heteroatoms. The van der Waals surface area contributed by atoms with Crippen molar-refractivity contribution in [3.05, 3.63) is 35.4 Å². The Morgan fingerprint density at radius 1 is 1.61 bits per heavy atom. The number of hydrogen-bond donors (Lipinski definition) is 2. The van der Waals surface area contributed by atoms with Crippen molar-refractivity contribution in [1.29, 1.82) is 0 Å². The number of terminal acetylenes is 1. The van der Waals surface area contributed by atoms with E-state index in [0.717, 1.165) is 31.6 Å². The Labute approximate surface area is 109 Å². The number of aliphatic hydroxyl groups excluding tert-OH is 1. The van der Waals surface area contributed by atoms with Crippen molar-refractivity contribution < 1.29 is 5.11 Å². The Morgan fingerprint density at radius 2 is 2.44 bits per heavy atom. The molecule has 2 atom stereocenters. The first kappa shape index (κ1) is 13.1. The highest BCUT2D eigenvalue weighted by Gasteiger charge is 2.23. The zero-order chi connectivity index (χ0) is 13.0. The SMILES string of the molecule is C#Cc1cccc(C(CN2CC[C@H](O)C2)NC)c1. The van der Waals surface area contributed by atoms with Crippen LogP contribution in [0.1, 0.15) is 23.6 Å². The highest BCUT2D eigenvalue weighted by Crippen LogP contribution is 2.18. The van der Waals surface area contributed by atoms with Crippen LogP contribution in [-0.2, 0) is 0 Å². The van der Waals surface area contributed by atoms with Gasteiger partial charge in [0.25, 0.3) is 0 Å². The smallest absolute Gasteiger partial charge is 0.0679 e. The van der Waals surface area contributed by atoms with Gasteiger partial charge < -0.3 is 10.4 Å². The summed E-state index contributed by atoms with van der Waals surface area (Å²) in [5.74, 6) is 2.67. The van der Waals surface area contributed by atoms with E-state index in [1.807, 2.05) is 25.2 Å². The molecule has 2 rings (SSSR count). The summed E-state index contributed by atoms with van der Waals surface area (Å²) in [6, 6.07) is 8.33. The van der Waals surface area contributed by atoms with E-state index < -0.39 is 0 Å². The van der Waals surface area contributed by atoms with Gasteiger partial charge in [-0.15, -0.1) is 6.42 Å². The van der Waals surface area contributed by atoms with Crippen LogP contribution >= 0.6 is 0 Å². The fourth-order valence-electron chi connectivity index (χ4n) is 2.44. The molecule has 1 aliphatic heterocycles. The van der Waals surface area contributed by atoms with Crippen molar-refractivity contribution in [2.45, 2.75) is 18.6 Å². The van der Waals surface area contributed by atoms with Crippen molar-refractivity contribution >= 4 is 0 Å². The molecule has 96 valence electrons. The second-order valence-corrected chi connectivity index (χ2v) is 4.81. The summed E-state index contributed by atoms with van der Waals surface area (Å²) in [5.41, 5.74) is 2.11. The van der Waals surface area contributed by atoms with Gasteiger partial charge in [-0.05, 0) is 31.2 Å². The number of β-amino-alcohol motifs (C(OH)–C–C–N with tert-alkyl or cyclic N) is 1. The Hall–Kier alpha value is -1.34. The van der Waals surface area contributed by atoms with Crippen LogP contribution in [0.5, 0.6) is 0 Å². The van der Waals surface area contributed by atoms with Gasteiger partial charge in [0.15, 0.2) is 0 Å². The maximum Gasteiger partial charge on any atom is 0.0679 e. The Balaban J connectivity index is 2.06. The first-order valence-electron chi connectivity index (χ1n) is 6.37. The van der Waals surface area contributed by atoms with Gasteiger partial charge in [0.05, 0.1) is 6.10 Å². The van der Waals surface area contributed by atoms with Crippen molar-refractivity contribution in [2.24, 2.45) is 0 Å². The van der Waals surface area contributed by atoms with Gasteiger partial charge in [0.1, 0.15) is 0 Å². The zero-order valence-electron chi connectivity index (χ0n) is 10.8. The molecule has 1 fully saturated rings. The van der Waals surface area contributed by atoms with E-state index in [2.05, 4.69) is 22.2 Å². The Kier molecular flexibility index (Phi) is 4.38. The molecule has 0 saturated carbocycles. The maximum atomic E-state index is 9.55. The van der Waals surface area contributed by atoms with E-state index in [0.29, 0.717) is 0 Å². The summed E-state index contributed by atoms with van der Waals surface area (Å²) in [6.45, 7) is 2.64. The van der Waals surface area contributed by atoms with Crippen LogP contribution in [0.3, 0.4) is 0 Å². The average molecular weight is 244 g/mol. The minimum Gasteiger partial charge on any atom is -0.392 e. The fraction of sp³-hybridized carbons (Fsp3) is 0.467. The van der Waals surface area contributed by atoms with Crippen LogP contribution in [0.2, 0.25) is 0 Å². The lowest BCUT2D eigenvalue weighted by Gasteiger charge is -2.23. The van der Waals surface area contributed by atoms with Gasteiger partial charge in [-0.25, -0.2) is 0 Å². The van der Waals surface area contributed by atoms with Crippen molar-refractivity contribution in [3.63, 3.8) is 0 Å². The first-order chi connectivity index (χ1) is 8.72. The molecule has 0 aromatic heterocycles. The number of nitrogens with one attached hydrogen (secondary N) is 1. The van der Waals surface area contributed by atoms with Crippen LogP contribution in [0, 0.1) is 12.3 Å². The standard InChI is InChI=1S/C15H20N2O/c1-3-12-5-4-6-13(9-12)15(16-2)11-17-8-7-14(18)10-17/h1,4-6,9,14-16,18H,7-8,10-11H2,2H3/t14-,15?/m0/s1. The lowest BCUT2D eigenvalue weighted by Crippen LogP contribution is -2.33. The Bertz CT molecular complexity index is 438. The van der Waals surface area contributed by atoms with E-state index in [9.17, 15) is 5.11 Å². The van der Waals surface area contributed by atoms with Crippen molar-refractivity contribution in [3.8, 4) is 12.3 Å². The number of aliphatic hydroxyl groups is 1. The number of likely N-dealkylation sites (N-methyl/N-ethyl adjacent to an activating group) is 1. The summed E-state index contributed by atoms with van der Waals surface area (Å²) in [5, 5.41) is 12.9. The highest BCUT2D eigenvalue weighted by atomic mass is 16.3. The van der Waals surface area contributed by atoms with E-state index >= 15 is 0 Å². The molecule has 0 radical (unpaired) electrons. The minimum atomic E-state index is -0.167.